The summed E-state index contributed by atoms with van der Waals surface area (Å²) in [5, 5.41) is 0. The van der Waals surface area contributed by atoms with E-state index in [2.05, 4.69) is 9.55 Å². The molecule has 5 heteroatoms. The number of hydrogen-bond acceptors (Lipinski definition) is 3. The van der Waals surface area contributed by atoms with E-state index in [1.807, 2.05) is 24.3 Å². The standard InChI is InChI=1S/C17H13FN2O2/c18-13-6-2-1-5-12(13)17-16-19-14-7-3-4-8-15(14)20(16)9-11(22-17)10-21-17/h1-8,11H,9-10H2. The number of ether oxygens (including phenoxy) is 2. The molecule has 3 aromatic rings. The van der Waals surface area contributed by atoms with E-state index in [1.165, 1.54) is 6.07 Å². The van der Waals surface area contributed by atoms with Gasteiger partial charge in [-0.2, -0.15) is 0 Å². The topological polar surface area (TPSA) is 36.3 Å². The van der Waals surface area contributed by atoms with Crippen LogP contribution >= 0.6 is 0 Å². The molecule has 0 aliphatic carbocycles. The van der Waals surface area contributed by atoms with Crippen molar-refractivity contribution < 1.29 is 13.9 Å². The molecule has 4 nitrogen and oxygen atoms in total. The number of hydrogen-bond donors (Lipinski definition) is 0. The van der Waals surface area contributed by atoms with Crippen molar-refractivity contribution in [1.82, 2.24) is 9.55 Å². The first-order chi connectivity index (χ1) is 10.8. The first-order valence-electron chi connectivity index (χ1n) is 7.30. The fourth-order valence-electron chi connectivity index (χ4n) is 3.43. The Hall–Kier alpha value is -2.24. The van der Waals surface area contributed by atoms with Gasteiger partial charge in [-0.1, -0.05) is 30.3 Å². The van der Waals surface area contributed by atoms with E-state index < -0.39 is 5.79 Å². The fraction of sp³-hybridized carbons (Fsp3) is 0.235. The van der Waals surface area contributed by atoms with Crippen LogP contribution in [0.4, 0.5) is 4.39 Å². The SMILES string of the molecule is Fc1ccccc1C12OCC(Cn3c1nc1ccccc13)O2. The van der Waals surface area contributed by atoms with Crippen molar-refractivity contribution in [2.45, 2.75) is 18.4 Å². The summed E-state index contributed by atoms with van der Waals surface area (Å²) < 4.78 is 28.5. The lowest BCUT2D eigenvalue weighted by atomic mass is 10.0. The lowest BCUT2D eigenvalue weighted by Crippen LogP contribution is -2.39. The van der Waals surface area contributed by atoms with Crippen LogP contribution in [0.2, 0.25) is 0 Å². The molecular formula is C17H13FN2O2. The average molecular weight is 296 g/mol. The number of halogens is 1. The Balaban J connectivity index is 1.83. The second kappa shape index (κ2) is 4.15. The highest BCUT2D eigenvalue weighted by molar-refractivity contribution is 5.76. The zero-order valence-corrected chi connectivity index (χ0v) is 11.7. The summed E-state index contributed by atoms with van der Waals surface area (Å²) >= 11 is 0. The maximum atomic E-state index is 14.4. The smallest absolute Gasteiger partial charge is 0.259 e. The Morgan fingerprint density at radius 2 is 1.95 bits per heavy atom. The quantitative estimate of drug-likeness (QED) is 0.693. The zero-order valence-electron chi connectivity index (χ0n) is 11.7. The van der Waals surface area contributed by atoms with Crippen molar-refractivity contribution in [2.24, 2.45) is 0 Å². The Morgan fingerprint density at radius 1 is 1.14 bits per heavy atom. The Kier molecular flexibility index (Phi) is 2.32. The Labute approximate surface area is 126 Å². The summed E-state index contributed by atoms with van der Waals surface area (Å²) in [5.74, 6) is -0.969. The summed E-state index contributed by atoms with van der Waals surface area (Å²) in [4.78, 5) is 4.67. The van der Waals surface area contributed by atoms with Gasteiger partial charge in [0.05, 0.1) is 29.7 Å². The Bertz CT molecular complexity index is 891. The fourth-order valence-corrected chi connectivity index (χ4v) is 3.43. The summed E-state index contributed by atoms with van der Waals surface area (Å²) in [6.45, 7) is 1.11. The van der Waals surface area contributed by atoms with Gasteiger partial charge in [-0.05, 0) is 18.2 Å². The van der Waals surface area contributed by atoms with E-state index in [0.717, 1.165) is 11.0 Å². The Morgan fingerprint density at radius 3 is 2.86 bits per heavy atom. The van der Waals surface area contributed by atoms with Gasteiger partial charge in [0, 0.05) is 0 Å². The summed E-state index contributed by atoms with van der Waals surface area (Å²) in [5.41, 5.74) is 2.28. The van der Waals surface area contributed by atoms with Gasteiger partial charge in [-0.15, -0.1) is 0 Å². The average Bonchev–Trinajstić information content (AvgIpc) is 3.09. The molecule has 2 atom stereocenters. The van der Waals surface area contributed by atoms with E-state index in [-0.39, 0.29) is 11.9 Å². The molecule has 0 spiro atoms. The maximum absolute atomic E-state index is 14.4. The van der Waals surface area contributed by atoms with E-state index in [4.69, 9.17) is 9.47 Å². The van der Waals surface area contributed by atoms with Crippen molar-refractivity contribution in [3.8, 4) is 0 Å². The number of nitrogens with zero attached hydrogens (tertiary/aromatic N) is 2. The van der Waals surface area contributed by atoms with Crippen LogP contribution in [0.5, 0.6) is 0 Å². The van der Waals surface area contributed by atoms with Crippen LogP contribution in [-0.2, 0) is 21.8 Å². The van der Waals surface area contributed by atoms with Crippen LogP contribution in [0.25, 0.3) is 11.0 Å². The first kappa shape index (κ1) is 12.3. The van der Waals surface area contributed by atoms with Crippen LogP contribution in [0.1, 0.15) is 11.4 Å². The van der Waals surface area contributed by atoms with Gasteiger partial charge < -0.3 is 14.0 Å². The molecule has 2 unspecified atom stereocenters. The molecule has 2 aromatic carbocycles. The predicted octanol–water partition coefficient (Wildman–Crippen LogP) is 2.81. The van der Waals surface area contributed by atoms with Crippen LogP contribution in [0.3, 0.4) is 0 Å². The monoisotopic (exact) mass is 296 g/mol. The lowest BCUT2D eigenvalue weighted by Gasteiger charge is -2.32. The van der Waals surface area contributed by atoms with Crippen LogP contribution < -0.4 is 0 Å². The highest BCUT2D eigenvalue weighted by Crippen LogP contribution is 2.45. The van der Waals surface area contributed by atoms with Gasteiger partial charge in [-0.3, -0.25) is 0 Å². The van der Waals surface area contributed by atoms with Crippen molar-refractivity contribution in [3.63, 3.8) is 0 Å². The predicted molar refractivity (Wildman–Crippen MR) is 77.7 cm³/mol. The minimum atomic E-state index is -1.24. The zero-order chi connectivity index (χ0) is 14.7. The first-order valence-corrected chi connectivity index (χ1v) is 7.30. The lowest BCUT2D eigenvalue weighted by molar-refractivity contribution is -0.164. The van der Waals surface area contributed by atoms with Gasteiger partial charge >= 0.3 is 0 Å². The molecule has 1 saturated heterocycles. The van der Waals surface area contributed by atoms with Crippen molar-refractivity contribution in [1.29, 1.82) is 0 Å². The van der Waals surface area contributed by atoms with Crippen molar-refractivity contribution in [3.05, 3.63) is 65.7 Å². The summed E-state index contributed by atoms with van der Waals surface area (Å²) in [6, 6.07) is 14.5. The highest BCUT2D eigenvalue weighted by Gasteiger charge is 2.53. The van der Waals surface area contributed by atoms with E-state index in [9.17, 15) is 4.39 Å². The van der Waals surface area contributed by atoms with Gasteiger partial charge in [0.25, 0.3) is 5.79 Å². The van der Waals surface area contributed by atoms with Gasteiger partial charge in [-0.25, -0.2) is 9.37 Å². The van der Waals surface area contributed by atoms with Crippen molar-refractivity contribution >= 4 is 11.0 Å². The molecule has 0 saturated carbocycles. The number of benzene rings is 2. The normalized spacial score (nSPS) is 26.3. The number of imidazole rings is 1. The summed E-state index contributed by atoms with van der Waals surface area (Å²) in [7, 11) is 0. The third kappa shape index (κ3) is 1.44. The van der Waals surface area contributed by atoms with Crippen molar-refractivity contribution in [2.75, 3.05) is 6.61 Å². The van der Waals surface area contributed by atoms with Gasteiger partial charge in [0.1, 0.15) is 11.9 Å². The minimum absolute atomic E-state index is 0.0929. The largest absolute Gasteiger partial charge is 0.337 e. The molecule has 3 heterocycles. The van der Waals surface area contributed by atoms with E-state index in [0.29, 0.717) is 24.5 Å². The number of para-hydroxylation sites is 2. The molecule has 0 N–H and O–H groups in total. The second-order valence-electron chi connectivity index (χ2n) is 5.68. The van der Waals surface area contributed by atoms with Crippen LogP contribution in [0.15, 0.2) is 48.5 Å². The molecule has 2 aliphatic rings. The molecule has 0 amide bonds. The molecule has 5 rings (SSSR count). The second-order valence-corrected chi connectivity index (χ2v) is 5.68. The molecule has 0 radical (unpaired) electrons. The van der Waals surface area contributed by atoms with E-state index in [1.54, 1.807) is 18.2 Å². The molecule has 110 valence electrons. The highest BCUT2D eigenvalue weighted by atomic mass is 19.1. The number of rotatable bonds is 1. The molecule has 2 aliphatic heterocycles. The number of aromatic nitrogens is 2. The minimum Gasteiger partial charge on any atom is -0.337 e. The third-order valence-corrected chi connectivity index (χ3v) is 4.37. The molecule has 22 heavy (non-hydrogen) atoms. The summed E-state index contributed by atoms with van der Waals surface area (Å²) in [6.07, 6.45) is -0.0929. The van der Waals surface area contributed by atoms with Gasteiger partial charge in [0.2, 0.25) is 0 Å². The molecule has 1 fully saturated rings. The van der Waals surface area contributed by atoms with Gasteiger partial charge in [0.15, 0.2) is 5.82 Å². The van der Waals surface area contributed by atoms with E-state index >= 15 is 0 Å². The molecule has 2 bridgehead atoms. The third-order valence-electron chi connectivity index (χ3n) is 4.37. The maximum Gasteiger partial charge on any atom is 0.259 e. The molecule has 1 aromatic heterocycles. The number of fused-ring (bicyclic) bond motifs is 6. The van der Waals surface area contributed by atoms with Crippen LogP contribution in [0, 0.1) is 5.82 Å². The molecular weight excluding hydrogens is 283 g/mol. The van der Waals surface area contributed by atoms with Crippen LogP contribution in [-0.4, -0.2) is 22.3 Å².